The average molecular weight is 751 g/mol. The van der Waals surface area contributed by atoms with Crippen molar-refractivity contribution >= 4 is 12.3 Å². The van der Waals surface area contributed by atoms with Crippen LogP contribution in [0, 0.1) is 0 Å². The second kappa shape index (κ2) is 42.0. The maximum atomic E-state index is 12.0. The van der Waals surface area contributed by atoms with Crippen molar-refractivity contribution in [3.05, 3.63) is 109 Å². The molecule has 2 unspecified atom stereocenters. The molecule has 0 rings (SSSR count). The Balaban J connectivity index is 4.06. The molecule has 0 aliphatic heterocycles. The lowest BCUT2D eigenvalue weighted by Crippen LogP contribution is -2.20. The standard InChI is InChI=1S/C46H74N2O6/c1-4-6-7-8-21-29-40-53-45(34-33-43(47)5-2)42-51-38-27-20-16-23-30-41-54-46(50)32-25-18-13-10-9-12-17-24-31-44(35-36-48-3)52-39-28-22-15-11-14-19-26-37-49/h5,7-9,11-14,18,20,22-23,27-30,37,40,44-45,48H,4,6,10,15-17,19,21,24-26,31-36,38-39,41-42,47H2,1-3H3/b8-7+,12-9+,14-11+,18-13+,27-20+,28-22+,30-23+,40-29+,43-5-. The fraction of sp³-hybridized carbons (Fsp3) is 0.565. The first-order chi connectivity index (χ1) is 26.6. The number of unbranched alkanes of at least 4 members (excludes halogenated alkanes) is 3. The van der Waals surface area contributed by atoms with E-state index >= 15 is 0 Å². The molecule has 0 aromatic carbocycles. The fourth-order valence-electron chi connectivity index (χ4n) is 4.83. The average Bonchev–Trinajstić information content (AvgIpc) is 3.18. The highest BCUT2D eigenvalue weighted by Gasteiger charge is 2.09. The van der Waals surface area contributed by atoms with Crippen molar-refractivity contribution in [3.63, 3.8) is 0 Å². The first kappa shape index (κ1) is 50.3. The van der Waals surface area contributed by atoms with E-state index in [2.05, 4.69) is 60.8 Å². The second-order valence-electron chi connectivity index (χ2n) is 12.8. The Morgan fingerprint density at radius 3 is 1.98 bits per heavy atom. The number of ether oxygens (including phenoxy) is 4. The third-order valence-electron chi connectivity index (χ3n) is 8.07. The number of hydrogen-bond acceptors (Lipinski definition) is 8. The predicted molar refractivity (Wildman–Crippen MR) is 227 cm³/mol. The van der Waals surface area contributed by atoms with Crippen molar-refractivity contribution in [3.8, 4) is 0 Å². The summed E-state index contributed by atoms with van der Waals surface area (Å²) in [4.78, 5) is 22.4. The molecule has 304 valence electrons. The molecule has 2 atom stereocenters. The number of allylic oxidation sites excluding steroid dienone is 14. The van der Waals surface area contributed by atoms with Crippen molar-refractivity contribution in [1.29, 1.82) is 0 Å². The number of rotatable bonds is 37. The van der Waals surface area contributed by atoms with Crippen LogP contribution in [0.15, 0.2) is 109 Å². The lowest BCUT2D eigenvalue weighted by molar-refractivity contribution is -0.142. The molecule has 0 saturated carbocycles. The third kappa shape index (κ3) is 38.0. The molecule has 0 bridgehead atoms. The molecule has 8 nitrogen and oxygen atoms in total. The zero-order valence-corrected chi connectivity index (χ0v) is 33.9. The molecule has 0 fully saturated rings. The number of nitrogens with two attached hydrogens (primary N) is 1. The molecule has 0 aromatic rings. The van der Waals surface area contributed by atoms with Gasteiger partial charge in [-0.2, -0.15) is 0 Å². The van der Waals surface area contributed by atoms with Crippen LogP contribution in [0.5, 0.6) is 0 Å². The Labute approximate surface area is 329 Å². The summed E-state index contributed by atoms with van der Waals surface area (Å²) in [6.07, 6.45) is 49.7. The monoisotopic (exact) mass is 751 g/mol. The molecule has 0 spiro atoms. The molecule has 0 radical (unpaired) electrons. The summed E-state index contributed by atoms with van der Waals surface area (Å²) < 4.78 is 23.1. The Morgan fingerprint density at radius 2 is 1.30 bits per heavy atom. The van der Waals surface area contributed by atoms with E-state index in [9.17, 15) is 9.59 Å². The van der Waals surface area contributed by atoms with Gasteiger partial charge in [-0.3, -0.25) is 4.79 Å². The van der Waals surface area contributed by atoms with E-state index < -0.39 is 0 Å². The summed E-state index contributed by atoms with van der Waals surface area (Å²) >= 11 is 0. The summed E-state index contributed by atoms with van der Waals surface area (Å²) in [5.74, 6) is -0.187. The molecule has 0 aliphatic rings. The van der Waals surface area contributed by atoms with Crippen molar-refractivity contribution in [2.24, 2.45) is 5.73 Å². The van der Waals surface area contributed by atoms with Crippen LogP contribution < -0.4 is 11.1 Å². The van der Waals surface area contributed by atoms with Gasteiger partial charge in [-0.05, 0) is 110 Å². The van der Waals surface area contributed by atoms with E-state index in [1.165, 1.54) is 0 Å². The SMILES string of the molecule is C/C=C(\N)CCC(COC/C=C/C/C=C/COC(=O)CC/C=C/C/C=C/CCCC(CCNC)OC/C=C/C/C=C/CCC=O)O/C=C/C/C=C/CCC. The van der Waals surface area contributed by atoms with E-state index in [0.717, 1.165) is 102 Å². The Hall–Kier alpha value is -3.72. The van der Waals surface area contributed by atoms with Crippen molar-refractivity contribution in [1.82, 2.24) is 5.32 Å². The Morgan fingerprint density at radius 1 is 0.667 bits per heavy atom. The van der Waals surface area contributed by atoms with Crippen LogP contribution >= 0.6 is 0 Å². The van der Waals surface area contributed by atoms with Crippen LogP contribution in [-0.4, -0.2) is 64.5 Å². The van der Waals surface area contributed by atoms with Crippen LogP contribution in [0.25, 0.3) is 0 Å². The van der Waals surface area contributed by atoms with Gasteiger partial charge < -0.3 is 34.8 Å². The van der Waals surface area contributed by atoms with Gasteiger partial charge in [0.1, 0.15) is 19.0 Å². The van der Waals surface area contributed by atoms with E-state index in [4.69, 9.17) is 24.7 Å². The molecular weight excluding hydrogens is 677 g/mol. The highest BCUT2D eigenvalue weighted by Crippen LogP contribution is 2.11. The molecular formula is C46H74N2O6. The summed E-state index contributed by atoms with van der Waals surface area (Å²) in [5, 5.41) is 3.22. The molecule has 54 heavy (non-hydrogen) atoms. The maximum Gasteiger partial charge on any atom is 0.306 e. The maximum absolute atomic E-state index is 12.0. The van der Waals surface area contributed by atoms with Crippen molar-refractivity contribution < 1.29 is 28.5 Å². The van der Waals surface area contributed by atoms with Gasteiger partial charge in [0.25, 0.3) is 0 Å². The first-order valence-electron chi connectivity index (χ1n) is 20.3. The van der Waals surface area contributed by atoms with Gasteiger partial charge in [-0.25, -0.2) is 0 Å². The zero-order valence-electron chi connectivity index (χ0n) is 33.9. The van der Waals surface area contributed by atoms with Gasteiger partial charge in [0.2, 0.25) is 0 Å². The van der Waals surface area contributed by atoms with Crippen LogP contribution in [0.3, 0.4) is 0 Å². The summed E-state index contributed by atoms with van der Waals surface area (Å²) in [6.45, 7) is 6.97. The second-order valence-corrected chi connectivity index (χ2v) is 12.8. The Kier molecular flexibility index (Phi) is 39.1. The van der Waals surface area contributed by atoms with E-state index in [-0.39, 0.29) is 24.8 Å². The highest BCUT2D eigenvalue weighted by molar-refractivity contribution is 5.69. The lowest BCUT2D eigenvalue weighted by atomic mass is 10.1. The third-order valence-corrected chi connectivity index (χ3v) is 8.07. The van der Waals surface area contributed by atoms with E-state index in [1.807, 2.05) is 62.6 Å². The van der Waals surface area contributed by atoms with Crippen LogP contribution in [0.1, 0.15) is 117 Å². The normalized spacial score (nSPS) is 14.1. The number of hydrogen-bond donors (Lipinski definition) is 2. The smallest absolute Gasteiger partial charge is 0.306 e. The van der Waals surface area contributed by atoms with Gasteiger partial charge in [0.15, 0.2) is 0 Å². The van der Waals surface area contributed by atoms with Gasteiger partial charge in [0, 0.05) is 18.5 Å². The zero-order chi connectivity index (χ0) is 39.4. The van der Waals surface area contributed by atoms with Gasteiger partial charge in [-0.1, -0.05) is 104 Å². The minimum Gasteiger partial charge on any atom is -0.496 e. The minimum atomic E-state index is -0.187. The van der Waals surface area contributed by atoms with Crippen molar-refractivity contribution in [2.75, 3.05) is 40.0 Å². The van der Waals surface area contributed by atoms with E-state index in [0.29, 0.717) is 39.1 Å². The summed E-state index contributed by atoms with van der Waals surface area (Å²) in [7, 11) is 1.97. The summed E-state index contributed by atoms with van der Waals surface area (Å²) in [5.41, 5.74) is 6.83. The number of carbonyl (C=O) groups excluding carboxylic acids is 2. The quantitative estimate of drug-likeness (QED) is 0.0212. The van der Waals surface area contributed by atoms with Crippen LogP contribution in [-0.2, 0) is 28.5 Å². The highest BCUT2D eigenvalue weighted by atomic mass is 16.5. The first-order valence-corrected chi connectivity index (χ1v) is 20.3. The number of aldehydes is 1. The molecule has 8 heteroatoms. The van der Waals surface area contributed by atoms with Crippen LogP contribution in [0.4, 0.5) is 0 Å². The summed E-state index contributed by atoms with van der Waals surface area (Å²) in [6, 6.07) is 0. The lowest BCUT2D eigenvalue weighted by Gasteiger charge is -2.16. The molecule has 3 N–H and O–H groups in total. The van der Waals surface area contributed by atoms with Crippen LogP contribution in [0.2, 0.25) is 0 Å². The van der Waals surface area contributed by atoms with E-state index in [1.54, 1.807) is 6.26 Å². The van der Waals surface area contributed by atoms with Gasteiger partial charge in [-0.15, -0.1) is 0 Å². The minimum absolute atomic E-state index is 0.0523. The largest absolute Gasteiger partial charge is 0.496 e. The molecule has 0 saturated heterocycles. The number of carbonyl (C=O) groups is 2. The number of esters is 1. The molecule has 0 amide bonds. The van der Waals surface area contributed by atoms with Gasteiger partial charge in [0.05, 0.1) is 32.2 Å². The predicted octanol–water partition coefficient (Wildman–Crippen LogP) is 10.3. The number of nitrogens with one attached hydrogen (secondary N) is 1. The molecule has 0 aliphatic carbocycles. The van der Waals surface area contributed by atoms with Crippen molar-refractivity contribution in [2.45, 2.75) is 129 Å². The molecule has 0 heterocycles. The topological polar surface area (TPSA) is 109 Å². The fourth-order valence-corrected chi connectivity index (χ4v) is 4.83. The van der Waals surface area contributed by atoms with Gasteiger partial charge >= 0.3 is 5.97 Å². The molecule has 0 aromatic heterocycles. The Bertz CT molecular complexity index is 1150.